The van der Waals surface area contributed by atoms with Crippen molar-refractivity contribution in [2.75, 3.05) is 40.0 Å². The molecule has 0 N–H and O–H groups in total. The summed E-state index contributed by atoms with van der Waals surface area (Å²) in [5.41, 5.74) is 2.07. The summed E-state index contributed by atoms with van der Waals surface area (Å²) in [5, 5.41) is 5.93. The van der Waals surface area contributed by atoms with Gasteiger partial charge in [-0.1, -0.05) is 30.4 Å². The minimum atomic E-state index is -0.0403. The van der Waals surface area contributed by atoms with Crippen LogP contribution in [-0.4, -0.2) is 54.6 Å². The Hall–Kier alpha value is -2.48. The molecule has 158 valence electrons. The third kappa shape index (κ3) is 5.36. The molecule has 4 rings (SSSR count). The summed E-state index contributed by atoms with van der Waals surface area (Å²) in [5.74, 6) is 0.837. The summed E-state index contributed by atoms with van der Waals surface area (Å²) < 4.78 is 12.1. The summed E-state index contributed by atoms with van der Waals surface area (Å²) in [7, 11) is 1.66. The molecule has 2 aromatic carbocycles. The molecule has 1 fully saturated rings. The van der Waals surface area contributed by atoms with Crippen molar-refractivity contribution in [1.29, 1.82) is 0 Å². The van der Waals surface area contributed by atoms with E-state index in [0.29, 0.717) is 11.9 Å². The first kappa shape index (κ1) is 22.2. The maximum absolute atomic E-state index is 12.8. The lowest BCUT2D eigenvalue weighted by atomic mass is 10.1. The third-order valence-electron chi connectivity index (χ3n) is 5.19. The highest BCUT2D eigenvalue weighted by Gasteiger charge is 2.11. The van der Waals surface area contributed by atoms with Crippen molar-refractivity contribution in [3.63, 3.8) is 0 Å². The first-order chi connectivity index (χ1) is 14.2. The Morgan fingerprint density at radius 1 is 1.03 bits per heavy atom. The summed E-state index contributed by atoms with van der Waals surface area (Å²) in [4.78, 5) is 15.1. The summed E-state index contributed by atoms with van der Waals surface area (Å²) >= 11 is 0. The highest BCUT2D eigenvalue weighted by molar-refractivity contribution is 8.93. The molecule has 6 nitrogen and oxygen atoms in total. The van der Waals surface area contributed by atoms with Crippen molar-refractivity contribution in [1.82, 2.24) is 14.7 Å². The van der Waals surface area contributed by atoms with Gasteiger partial charge in [0, 0.05) is 25.0 Å². The van der Waals surface area contributed by atoms with Crippen molar-refractivity contribution < 1.29 is 9.47 Å². The fourth-order valence-corrected chi connectivity index (χ4v) is 3.44. The van der Waals surface area contributed by atoms with Gasteiger partial charge in [0.05, 0.1) is 38.5 Å². The van der Waals surface area contributed by atoms with Crippen LogP contribution >= 0.6 is 17.0 Å². The number of ether oxygens (including phenoxy) is 2. The molecule has 1 aromatic heterocycles. The highest BCUT2D eigenvalue weighted by Crippen LogP contribution is 2.16. The Balaban J connectivity index is 0.00000256. The maximum Gasteiger partial charge on any atom is 0.274 e. The Morgan fingerprint density at radius 2 is 1.73 bits per heavy atom. The van der Waals surface area contributed by atoms with Gasteiger partial charge in [-0.25, -0.2) is 4.68 Å². The number of fused-ring (bicyclic) bond motifs is 1. The van der Waals surface area contributed by atoms with Gasteiger partial charge in [-0.15, -0.1) is 17.0 Å². The van der Waals surface area contributed by atoms with Gasteiger partial charge in [-0.3, -0.25) is 9.69 Å². The molecule has 1 aliphatic heterocycles. The van der Waals surface area contributed by atoms with Gasteiger partial charge in [0.1, 0.15) is 5.75 Å². The molecule has 3 aromatic rings. The lowest BCUT2D eigenvalue weighted by Gasteiger charge is -2.26. The maximum atomic E-state index is 12.8. The van der Waals surface area contributed by atoms with Crippen LogP contribution in [0.5, 0.6) is 5.75 Å². The molecule has 0 unspecified atom stereocenters. The van der Waals surface area contributed by atoms with E-state index in [9.17, 15) is 4.79 Å². The molecule has 0 spiro atoms. The molecule has 1 saturated heterocycles. The zero-order chi connectivity index (χ0) is 20.1. The van der Waals surface area contributed by atoms with Crippen LogP contribution in [0.25, 0.3) is 22.9 Å². The van der Waals surface area contributed by atoms with Crippen LogP contribution in [-0.2, 0) is 11.3 Å². The molecule has 2 heterocycles. The Labute approximate surface area is 186 Å². The van der Waals surface area contributed by atoms with Crippen LogP contribution in [0.1, 0.15) is 11.1 Å². The standard InChI is InChI=1S/C23H25N3O3.BrH/c1-28-21-7-4-18(5-8-21)2-3-19-6-9-22-20(16-19)17-24-26(23(22)27)11-10-25-12-14-29-15-13-25;/h2-9,16-17H,10-15H2,1H3;1H/b3-2+;. The molecule has 7 heteroatoms. The smallest absolute Gasteiger partial charge is 0.274 e. The van der Waals surface area contributed by atoms with E-state index >= 15 is 0 Å². The number of aromatic nitrogens is 2. The predicted octanol–water partition coefficient (Wildman–Crippen LogP) is 3.49. The fourth-order valence-electron chi connectivity index (χ4n) is 3.44. The second-order valence-electron chi connectivity index (χ2n) is 7.08. The van der Waals surface area contributed by atoms with E-state index in [4.69, 9.17) is 9.47 Å². The molecule has 0 atom stereocenters. The lowest BCUT2D eigenvalue weighted by molar-refractivity contribution is 0.0358. The molecule has 0 radical (unpaired) electrons. The SMILES string of the molecule is Br.COc1ccc(/C=C/c2ccc3c(=O)n(CCN4CCOCC4)ncc3c2)cc1. The minimum Gasteiger partial charge on any atom is -0.497 e. The van der Waals surface area contributed by atoms with Crippen LogP contribution in [0.15, 0.2) is 53.5 Å². The van der Waals surface area contributed by atoms with E-state index < -0.39 is 0 Å². The quantitative estimate of drug-likeness (QED) is 0.515. The Bertz CT molecular complexity index is 1060. The number of methoxy groups -OCH3 is 1. The van der Waals surface area contributed by atoms with Crippen molar-refractivity contribution in [3.05, 3.63) is 70.1 Å². The Kier molecular flexibility index (Phi) is 7.79. The number of hydrogen-bond acceptors (Lipinski definition) is 5. The van der Waals surface area contributed by atoms with Crippen LogP contribution in [0.3, 0.4) is 0 Å². The zero-order valence-electron chi connectivity index (χ0n) is 17.0. The first-order valence-corrected chi connectivity index (χ1v) is 9.85. The number of rotatable bonds is 6. The molecule has 0 amide bonds. The van der Waals surface area contributed by atoms with E-state index in [1.165, 1.54) is 0 Å². The summed E-state index contributed by atoms with van der Waals surface area (Å²) in [6, 6.07) is 13.7. The molecule has 0 bridgehead atoms. The van der Waals surface area contributed by atoms with Crippen molar-refractivity contribution in [2.45, 2.75) is 6.54 Å². The zero-order valence-corrected chi connectivity index (χ0v) is 18.7. The normalized spacial score (nSPS) is 14.7. The molecule has 0 saturated carbocycles. The van der Waals surface area contributed by atoms with Gasteiger partial charge < -0.3 is 9.47 Å². The predicted molar refractivity (Wildman–Crippen MR) is 126 cm³/mol. The van der Waals surface area contributed by atoms with Crippen molar-refractivity contribution in [2.24, 2.45) is 0 Å². The van der Waals surface area contributed by atoms with Gasteiger partial charge in [-0.05, 0) is 35.4 Å². The van der Waals surface area contributed by atoms with Gasteiger partial charge in [0.25, 0.3) is 5.56 Å². The first-order valence-electron chi connectivity index (χ1n) is 9.85. The highest BCUT2D eigenvalue weighted by atomic mass is 79.9. The second-order valence-corrected chi connectivity index (χ2v) is 7.08. The third-order valence-corrected chi connectivity index (χ3v) is 5.19. The van der Waals surface area contributed by atoms with Crippen LogP contribution in [0.4, 0.5) is 0 Å². The number of nitrogens with zero attached hydrogens (tertiary/aromatic N) is 3. The van der Waals surface area contributed by atoms with Crippen LogP contribution in [0.2, 0.25) is 0 Å². The fraction of sp³-hybridized carbons (Fsp3) is 0.304. The average Bonchev–Trinajstić information content (AvgIpc) is 2.78. The summed E-state index contributed by atoms with van der Waals surface area (Å²) in [6.07, 6.45) is 5.85. The van der Waals surface area contributed by atoms with E-state index in [2.05, 4.69) is 10.00 Å². The molecular formula is C23H26BrN3O3. The largest absolute Gasteiger partial charge is 0.497 e. The molecule has 1 aliphatic rings. The Morgan fingerprint density at radius 3 is 2.47 bits per heavy atom. The van der Waals surface area contributed by atoms with E-state index in [1.54, 1.807) is 18.0 Å². The van der Waals surface area contributed by atoms with E-state index in [-0.39, 0.29) is 22.5 Å². The number of morpholine rings is 1. The van der Waals surface area contributed by atoms with Gasteiger partial charge in [0.2, 0.25) is 0 Å². The van der Waals surface area contributed by atoms with Gasteiger partial charge >= 0.3 is 0 Å². The monoisotopic (exact) mass is 471 g/mol. The topological polar surface area (TPSA) is 56.6 Å². The summed E-state index contributed by atoms with van der Waals surface area (Å²) in [6.45, 7) is 4.73. The molecule has 0 aliphatic carbocycles. The van der Waals surface area contributed by atoms with Crippen LogP contribution in [0, 0.1) is 0 Å². The average molecular weight is 472 g/mol. The molecule has 30 heavy (non-hydrogen) atoms. The second kappa shape index (κ2) is 10.5. The van der Waals surface area contributed by atoms with Crippen molar-refractivity contribution in [3.8, 4) is 5.75 Å². The van der Waals surface area contributed by atoms with E-state index in [0.717, 1.165) is 55.1 Å². The number of halogens is 1. The minimum absolute atomic E-state index is 0. The lowest BCUT2D eigenvalue weighted by Crippen LogP contribution is -2.39. The number of benzene rings is 2. The van der Waals surface area contributed by atoms with Gasteiger partial charge in [-0.2, -0.15) is 5.10 Å². The van der Waals surface area contributed by atoms with Gasteiger partial charge in [0.15, 0.2) is 0 Å². The number of hydrogen-bond donors (Lipinski definition) is 0. The van der Waals surface area contributed by atoms with Crippen molar-refractivity contribution >= 4 is 39.9 Å². The van der Waals surface area contributed by atoms with E-state index in [1.807, 2.05) is 54.6 Å². The van der Waals surface area contributed by atoms with Crippen LogP contribution < -0.4 is 10.3 Å². The molecular weight excluding hydrogens is 446 g/mol.